The molecule has 0 saturated heterocycles. The second-order valence-electron chi connectivity index (χ2n) is 7.91. The van der Waals surface area contributed by atoms with Gasteiger partial charge in [-0.15, -0.1) is 5.10 Å². The van der Waals surface area contributed by atoms with E-state index in [1.165, 1.54) is 16.7 Å². The van der Waals surface area contributed by atoms with Gasteiger partial charge in [0.15, 0.2) is 5.82 Å². The van der Waals surface area contributed by atoms with Crippen LogP contribution in [0.15, 0.2) is 48.5 Å². The summed E-state index contributed by atoms with van der Waals surface area (Å²) in [5.74, 6) is 0.798. The summed E-state index contributed by atoms with van der Waals surface area (Å²) in [6.07, 6.45) is 3.98. The molecule has 0 aliphatic rings. The molecule has 3 rings (SSSR count). The summed E-state index contributed by atoms with van der Waals surface area (Å²) < 4.78 is 1.73. The van der Waals surface area contributed by atoms with Crippen molar-refractivity contribution in [1.29, 1.82) is 0 Å². The molecule has 0 atom stereocenters. The topological polar surface area (TPSA) is 55.6 Å². The number of hydrogen-bond acceptors (Lipinski definition) is 4. The van der Waals surface area contributed by atoms with E-state index >= 15 is 0 Å². The maximum absolute atomic E-state index is 4.12. The van der Waals surface area contributed by atoms with Gasteiger partial charge in [0.1, 0.15) is 0 Å². The second-order valence-corrected chi connectivity index (χ2v) is 7.91. The molecule has 0 saturated carbocycles. The fraction of sp³-hybridized carbons (Fsp3) is 0.318. The van der Waals surface area contributed by atoms with Crippen LogP contribution in [0, 0.1) is 12.3 Å². The quantitative estimate of drug-likeness (QED) is 0.706. The zero-order valence-corrected chi connectivity index (χ0v) is 16.5. The van der Waals surface area contributed by atoms with Gasteiger partial charge < -0.3 is 5.32 Å². The Bertz CT molecular complexity index is 904. The molecular formula is C22H27N5. The lowest BCUT2D eigenvalue weighted by atomic mass is 9.96. The number of hydrogen-bond donors (Lipinski definition) is 1. The van der Waals surface area contributed by atoms with Gasteiger partial charge in [-0.05, 0) is 51.1 Å². The minimum atomic E-state index is 0.225. The highest BCUT2D eigenvalue weighted by molar-refractivity contribution is 5.74. The molecule has 0 radical (unpaired) electrons. The molecular weight excluding hydrogens is 334 g/mol. The first-order valence-electron chi connectivity index (χ1n) is 9.25. The van der Waals surface area contributed by atoms with Gasteiger partial charge in [0, 0.05) is 12.7 Å². The highest BCUT2D eigenvalue weighted by atomic mass is 15.5. The van der Waals surface area contributed by atoms with Gasteiger partial charge in [0.05, 0.1) is 6.54 Å². The molecule has 1 aromatic heterocycles. The van der Waals surface area contributed by atoms with Crippen LogP contribution in [-0.4, -0.2) is 26.8 Å². The van der Waals surface area contributed by atoms with E-state index in [9.17, 15) is 0 Å². The van der Waals surface area contributed by atoms with Gasteiger partial charge in [-0.2, -0.15) is 0 Å². The van der Waals surface area contributed by atoms with Crippen molar-refractivity contribution in [3.8, 4) is 11.1 Å². The van der Waals surface area contributed by atoms with Gasteiger partial charge in [-0.25, -0.2) is 4.68 Å². The van der Waals surface area contributed by atoms with Crippen LogP contribution in [0.2, 0.25) is 0 Å². The average Bonchev–Trinajstić information content (AvgIpc) is 3.08. The van der Waals surface area contributed by atoms with Crippen LogP contribution in [0.3, 0.4) is 0 Å². The fourth-order valence-electron chi connectivity index (χ4n) is 2.91. The van der Waals surface area contributed by atoms with E-state index < -0.39 is 0 Å². The standard InChI is InChI=1S/C22H27N5/c1-17-18(11-8-12-20(17)19-9-6-5-7-10-19)13-14-27-21(24-25-26-27)15-23-16-22(2,3)4/h5-14,23H,15-16H2,1-4H3/b14-13+. The SMILES string of the molecule is Cc1c(/C=C/n2nnnc2CNCC(C)(C)C)cccc1-c1ccccc1. The molecule has 2 aromatic carbocycles. The van der Waals surface area contributed by atoms with Crippen LogP contribution >= 0.6 is 0 Å². The monoisotopic (exact) mass is 361 g/mol. The Morgan fingerprint density at radius 2 is 1.81 bits per heavy atom. The van der Waals surface area contributed by atoms with Gasteiger partial charge in [0.2, 0.25) is 0 Å². The first-order valence-corrected chi connectivity index (χ1v) is 9.25. The molecule has 5 heteroatoms. The van der Waals surface area contributed by atoms with Crippen LogP contribution in [0.5, 0.6) is 0 Å². The largest absolute Gasteiger partial charge is 0.309 e. The van der Waals surface area contributed by atoms with E-state index in [-0.39, 0.29) is 5.41 Å². The number of aromatic nitrogens is 4. The predicted octanol–water partition coefficient (Wildman–Crippen LogP) is 4.41. The van der Waals surface area contributed by atoms with E-state index in [2.05, 4.69) is 97.1 Å². The fourth-order valence-corrected chi connectivity index (χ4v) is 2.91. The third-order valence-corrected chi connectivity index (χ3v) is 4.36. The minimum Gasteiger partial charge on any atom is -0.309 e. The lowest BCUT2D eigenvalue weighted by Crippen LogP contribution is -2.27. The molecule has 140 valence electrons. The van der Waals surface area contributed by atoms with E-state index in [0.29, 0.717) is 6.54 Å². The Hall–Kier alpha value is -2.79. The molecule has 0 bridgehead atoms. The lowest BCUT2D eigenvalue weighted by molar-refractivity contribution is 0.376. The predicted molar refractivity (Wildman–Crippen MR) is 111 cm³/mol. The van der Waals surface area contributed by atoms with Crippen molar-refractivity contribution in [2.45, 2.75) is 34.2 Å². The third-order valence-electron chi connectivity index (χ3n) is 4.36. The summed E-state index contributed by atoms with van der Waals surface area (Å²) >= 11 is 0. The highest BCUT2D eigenvalue weighted by Crippen LogP contribution is 2.26. The first-order chi connectivity index (χ1) is 12.9. The molecule has 0 fully saturated rings. The maximum atomic E-state index is 4.12. The molecule has 27 heavy (non-hydrogen) atoms. The molecule has 3 aromatic rings. The number of benzene rings is 2. The molecule has 0 amide bonds. The minimum absolute atomic E-state index is 0.225. The van der Waals surface area contributed by atoms with Crippen molar-refractivity contribution < 1.29 is 0 Å². The van der Waals surface area contributed by atoms with Crippen molar-refractivity contribution in [3.63, 3.8) is 0 Å². The van der Waals surface area contributed by atoms with Crippen LogP contribution in [0.25, 0.3) is 23.4 Å². The molecule has 1 N–H and O–H groups in total. The smallest absolute Gasteiger partial charge is 0.169 e. The van der Waals surface area contributed by atoms with E-state index in [1.807, 2.05) is 12.3 Å². The number of nitrogens with zero attached hydrogens (tertiary/aromatic N) is 4. The first kappa shape index (κ1) is 19.0. The Morgan fingerprint density at radius 3 is 2.56 bits per heavy atom. The molecule has 5 nitrogen and oxygen atoms in total. The van der Waals surface area contributed by atoms with Crippen molar-refractivity contribution in [1.82, 2.24) is 25.5 Å². The summed E-state index contributed by atoms with van der Waals surface area (Å²) in [6.45, 7) is 10.3. The van der Waals surface area contributed by atoms with Crippen LogP contribution < -0.4 is 5.32 Å². The Balaban J connectivity index is 1.77. The van der Waals surface area contributed by atoms with Gasteiger partial charge in [-0.1, -0.05) is 69.3 Å². The zero-order valence-electron chi connectivity index (χ0n) is 16.5. The van der Waals surface area contributed by atoms with E-state index in [4.69, 9.17) is 0 Å². The van der Waals surface area contributed by atoms with E-state index in [0.717, 1.165) is 17.9 Å². The van der Waals surface area contributed by atoms with Crippen molar-refractivity contribution in [2.75, 3.05) is 6.54 Å². The number of nitrogens with one attached hydrogen (secondary N) is 1. The highest BCUT2D eigenvalue weighted by Gasteiger charge is 2.11. The molecule has 0 aliphatic heterocycles. The van der Waals surface area contributed by atoms with Crippen molar-refractivity contribution >= 4 is 12.3 Å². The third kappa shape index (κ3) is 5.11. The number of rotatable bonds is 6. The summed E-state index contributed by atoms with van der Waals surface area (Å²) in [5.41, 5.74) is 5.07. The summed E-state index contributed by atoms with van der Waals surface area (Å²) in [4.78, 5) is 0. The van der Waals surface area contributed by atoms with Crippen LogP contribution in [-0.2, 0) is 6.54 Å². The molecule has 0 unspecified atom stereocenters. The molecule has 0 spiro atoms. The van der Waals surface area contributed by atoms with Crippen molar-refractivity contribution in [3.05, 3.63) is 65.5 Å². The lowest BCUT2D eigenvalue weighted by Gasteiger charge is -2.18. The normalized spacial score (nSPS) is 12.0. The number of tetrazole rings is 1. The van der Waals surface area contributed by atoms with Crippen LogP contribution in [0.4, 0.5) is 0 Å². The Labute approximate surface area is 161 Å². The van der Waals surface area contributed by atoms with Gasteiger partial charge in [0.25, 0.3) is 0 Å². The van der Waals surface area contributed by atoms with Gasteiger partial charge in [-0.3, -0.25) is 0 Å². The second kappa shape index (κ2) is 8.27. The van der Waals surface area contributed by atoms with Crippen LogP contribution in [0.1, 0.15) is 37.7 Å². The van der Waals surface area contributed by atoms with Gasteiger partial charge >= 0.3 is 0 Å². The summed E-state index contributed by atoms with van der Waals surface area (Å²) in [5, 5.41) is 15.4. The summed E-state index contributed by atoms with van der Waals surface area (Å²) in [6, 6.07) is 16.8. The summed E-state index contributed by atoms with van der Waals surface area (Å²) in [7, 11) is 0. The zero-order chi connectivity index (χ0) is 19.3. The van der Waals surface area contributed by atoms with Crippen molar-refractivity contribution in [2.24, 2.45) is 5.41 Å². The molecule has 1 heterocycles. The van der Waals surface area contributed by atoms with E-state index in [1.54, 1.807) is 4.68 Å². The Morgan fingerprint density at radius 1 is 1.04 bits per heavy atom. The Kier molecular flexibility index (Phi) is 5.81. The maximum Gasteiger partial charge on any atom is 0.169 e. The average molecular weight is 361 g/mol. The molecule has 0 aliphatic carbocycles.